The summed E-state index contributed by atoms with van der Waals surface area (Å²) in [7, 11) is -3.54. The largest absolute Gasteiger partial charge is 0.373 e. The minimum atomic E-state index is -3.54. The fourth-order valence-corrected chi connectivity index (χ4v) is 4.20. The normalized spacial score (nSPS) is 23.4. The minimum absolute atomic E-state index is 0.104. The Hall–Kier alpha value is -1.48. The summed E-state index contributed by atoms with van der Waals surface area (Å²) in [6.07, 6.45) is 3.54. The molecule has 1 aliphatic rings. The number of hydrogen-bond acceptors (Lipinski definition) is 4. The van der Waals surface area contributed by atoms with Crippen molar-refractivity contribution >= 4 is 15.9 Å². The molecular weight excluding hydrogens is 316 g/mol. The van der Waals surface area contributed by atoms with Gasteiger partial charge in [0.15, 0.2) is 0 Å². The van der Waals surface area contributed by atoms with Crippen LogP contribution in [0.1, 0.15) is 25.1 Å². The predicted molar refractivity (Wildman–Crippen MR) is 87.3 cm³/mol. The second-order valence-electron chi connectivity index (χ2n) is 6.05. The number of aromatic nitrogens is 2. The van der Waals surface area contributed by atoms with Crippen molar-refractivity contribution in [2.45, 2.75) is 39.5 Å². The van der Waals surface area contributed by atoms with Crippen molar-refractivity contribution in [2.75, 3.05) is 13.1 Å². The molecule has 1 saturated heterocycles. The van der Waals surface area contributed by atoms with E-state index in [4.69, 9.17) is 4.74 Å². The summed E-state index contributed by atoms with van der Waals surface area (Å²) in [6, 6.07) is 3.92. The van der Waals surface area contributed by atoms with Gasteiger partial charge in [-0.2, -0.15) is 17.4 Å². The molecule has 1 N–H and O–H groups in total. The Morgan fingerprint density at radius 1 is 1.35 bits per heavy atom. The molecule has 23 heavy (non-hydrogen) atoms. The van der Waals surface area contributed by atoms with E-state index in [0.717, 1.165) is 11.2 Å². The third-order valence-corrected chi connectivity index (χ3v) is 5.38. The summed E-state index contributed by atoms with van der Waals surface area (Å²) in [4.78, 5) is 4.48. The van der Waals surface area contributed by atoms with Crippen LogP contribution in [-0.2, 0) is 21.5 Å². The Kier molecular flexibility index (Phi) is 4.41. The quantitative estimate of drug-likeness (QED) is 0.905. The maximum absolute atomic E-state index is 12.5. The van der Waals surface area contributed by atoms with E-state index in [2.05, 4.69) is 9.71 Å². The lowest BCUT2D eigenvalue weighted by molar-refractivity contribution is -0.0444. The average molecular weight is 338 g/mol. The van der Waals surface area contributed by atoms with Gasteiger partial charge in [-0.05, 0) is 32.4 Å². The highest BCUT2D eigenvalue weighted by Crippen LogP contribution is 2.14. The Labute approximate surface area is 136 Å². The van der Waals surface area contributed by atoms with Crippen LogP contribution in [0.2, 0.25) is 0 Å². The molecule has 2 atom stereocenters. The molecule has 7 nitrogen and oxygen atoms in total. The molecule has 8 heteroatoms. The zero-order valence-electron chi connectivity index (χ0n) is 13.6. The fraction of sp³-hybridized carbons (Fsp3) is 0.533. The molecule has 3 heterocycles. The number of rotatable bonds is 4. The molecule has 0 aromatic carbocycles. The first-order chi connectivity index (χ1) is 10.8. The second-order valence-corrected chi connectivity index (χ2v) is 7.81. The fourth-order valence-electron chi connectivity index (χ4n) is 2.87. The van der Waals surface area contributed by atoms with E-state index in [0.29, 0.717) is 18.8 Å². The molecule has 3 rings (SSSR count). The summed E-state index contributed by atoms with van der Waals surface area (Å²) in [5.41, 5.74) is 2.59. The highest BCUT2D eigenvalue weighted by atomic mass is 32.2. The van der Waals surface area contributed by atoms with E-state index in [9.17, 15) is 8.42 Å². The van der Waals surface area contributed by atoms with Gasteiger partial charge < -0.3 is 9.14 Å². The second kappa shape index (κ2) is 6.20. The van der Waals surface area contributed by atoms with Crippen LogP contribution in [0.25, 0.3) is 5.65 Å². The molecule has 2 aromatic rings. The lowest BCUT2D eigenvalue weighted by Crippen LogP contribution is -2.51. The third-order valence-electron chi connectivity index (χ3n) is 3.89. The molecule has 1 fully saturated rings. The van der Waals surface area contributed by atoms with Crippen LogP contribution >= 0.6 is 0 Å². The molecule has 0 spiro atoms. The van der Waals surface area contributed by atoms with Gasteiger partial charge in [-0.1, -0.05) is 6.07 Å². The van der Waals surface area contributed by atoms with Gasteiger partial charge >= 0.3 is 0 Å². The topological polar surface area (TPSA) is 75.9 Å². The number of nitrogens with one attached hydrogen (secondary N) is 1. The summed E-state index contributed by atoms with van der Waals surface area (Å²) < 4.78 is 36.5. The highest BCUT2D eigenvalue weighted by molar-refractivity contribution is 7.87. The molecule has 0 saturated carbocycles. The minimum Gasteiger partial charge on any atom is -0.373 e. The number of imidazole rings is 1. The first-order valence-electron chi connectivity index (χ1n) is 7.68. The third kappa shape index (κ3) is 3.55. The summed E-state index contributed by atoms with van der Waals surface area (Å²) in [5, 5.41) is 0. The van der Waals surface area contributed by atoms with Gasteiger partial charge in [-0.15, -0.1) is 0 Å². The predicted octanol–water partition coefficient (Wildman–Crippen LogP) is 1.09. The number of pyridine rings is 1. The summed E-state index contributed by atoms with van der Waals surface area (Å²) in [6.45, 7) is 6.64. The first kappa shape index (κ1) is 16.4. The van der Waals surface area contributed by atoms with E-state index < -0.39 is 10.2 Å². The number of morpholine rings is 1. The van der Waals surface area contributed by atoms with Gasteiger partial charge in [0.05, 0.1) is 24.4 Å². The van der Waals surface area contributed by atoms with E-state index in [1.54, 1.807) is 0 Å². The van der Waals surface area contributed by atoms with Crippen molar-refractivity contribution in [3.05, 3.63) is 35.8 Å². The molecule has 126 valence electrons. The van der Waals surface area contributed by atoms with Crippen LogP contribution in [0.4, 0.5) is 0 Å². The van der Waals surface area contributed by atoms with Gasteiger partial charge in [0.1, 0.15) is 5.65 Å². The van der Waals surface area contributed by atoms with Crippen LogP contribution < -0.4 is 4.72 Å². The number of ether oxygens (including phenoxy) is 1. The SMILES string of the molecule is Cc1cccn2cc(CNS(=O)(=O)N3C[C@@H](C)O[C@@H](C)C3)nc12. The average Bonchev–Trinajstić information content (AvgIpc) is 2.89. The summed E-state index contributed by atoms with van der Waals surface area (Å²) >= 11 is 0. The van der Waals surface area contributed by atoms with Crippen molar-refractivity contribution < 1.29 is 13.2 Å². The lowest BCUT2D eigenvalue weighted by Gasteiger charge is -2.34. The van der Waals surface area contributed by atoms with Crippen LogP contribution in [0.15, 0.2) is 24.5 Å². The van der Waals surface area contributed by atoms with Crippen LogP contribution in [-0.4, -0.2) is 47.4 Å². The Morgan fingerprint density at radius 2 is 2.04 bits per heavy atom. The molecular formula is C15H22N4O3S. The molecule has 0 bridgehead atoms. The van der Waals surface area contributed by atoms with Crippen molar-refractivity contribution in [1.82, 2.24) is 18.4 Å². The van der Waals surface area contributed by atoms with Gasteiger partial charge in [0.25, 0.3) is 10.2 Å². The smallest absolute Gasteiger partial charge is 0.279 e. The van der Waals surface area contributed by atoms with Gasteiger partial charge in [0, 0.05) is 25.5 Å². The zero-order valence-corrected chi connectivity index (χ0v) is 14.4. The Bertz CT molecular complexity index is 792. The number of fused-ring (bicyclic) bond motifs is 1. The van der Waals surface area contributed by atoms with Gasteiger partial charge in [-0.25, -0.2) is 4.98 Å². The first-order valence-corrected chi connectivity index (χ1v) is 9.12. The van der Waals surface area contributed by atoms with E-state index >= 15 is 0 Å². The van der Waals surface area contributed by atoms with Gasteiger partial charge in [-0.3, -0.25) is 0 Å². The van der Waals surface area contributed by atoms with Crippen molar-refractivity contribution in [1.29, 1.82) is 0 Å². The van der Waals surface area contributed by atoms with Gasteiger partial charge in [0.2, 0.25) is 0 Å². The molecule has 0 amide bonds. The molecule has 0 aliphatic carbocycles. The van der Waals surface area contributed by atoms with Crippen LogP contribution in [0.3, 0.4) is 0 Å². The number of nitrogens with zero attached hydrogens (tertiary/aromatic N) is 3. The van der Waals surface area contributed by atoms with E-state index in [-0.39, 0.29) is 18.8 Å². The Morgan fingerprint density at radius 3 is 2.70 bits per heavy atom. The van der Waals surface area contributed by atoms with E-state index in [1.807, 2.05) is 49.7 Å². The lowest BCUT2D eigenvalue weighted by atomic mass is 10.3. The van der Waals surface area contributed by atoms with Crippen LogP contribution in [0, 0.1) is 6.92 Å². The van der Waals surface area contributed by atoms with Crippen LogP contribution in [0.5, 0.6) is 0 Å². The number of hydrogen-bond donors (Lipinski definition) is 1. The zero-order chi connectivity index (χ0) is 16.6. The standard InChI is InChI=1S/C15H22N4O3S/c1-11-5-4-6-18-10-14(17-15(11)18)7-16-23(20,21)19-8-12(2)22-13(3)9-19/h4-6,10,12-13,16H,7-9H2,1-3H3/t12-,13+. The monoisotopic (exact) mass is 338 g/mol. The maximum Gasteiger partial charge on any atom is 0.279 e. The molecule has 1 aliphatic heterocycles. The Balaban J connectivity index is 1.72. The van der Waals surface area contributed by atoms with Crippen molar-refractivity contribution in [3.8, 4) is 0 Å². The van der Waals surface area contributed by atoms with Crippen molar-refractivity contribution in [3.63, 3.8) is 0 Å². The van der Waals surface area contributed by atoms with E-state index in [1.165, 1.54) is 4.31 Å². The molecule has 0 unspecified atom stereocenters. The molecule has 0 radical (unpaired) electrons. The maximum atomic E-state index is 12.5. The summed E-state index contributed by atoms with van der Waals surface area (Å²) in [5.74, 6) is 0. The number of aryl methyl sites for hydroxylation is 1. The molecule has 2 aromatic heterocycles. The highest BCUT2D eigenvalue weighted by Gasteiger charge is 2.30. The van der Waals surface area contributed by atoms with Crippen molar-refractivity contribution in [2.24, 2.45) is 0 Å².